The van der Waals surface area contributed by atoms with Crippen LogP contribution < -0.4 is 5.32 Å². The van der Waals surface area contributed by atoms with Crippen LogP contribution >= 0.6 is 11.8 Å². The van der Waals surface area contributed by atoms with Crippen LogP contribution in [-0.2, 0) is 95.2 Å². The second-order valence-electron chi connectivity index (χ2n) is 18.2. The molecule has 0 saturated carbocycles. The summed E-state index contributed by atoms with van der Waals surface area (Å²) in [5.74, 6) is -6.84. The van der Waals surface area contributed by atoms with E-state index < -0.39 is 139 Å². The molecule has 73 heavy (non-hydrogen) atoms. The fourth-order valence-corrected chi connectivity index (χ4v) is 9.68. The quantitative estimate of drug-likeness (QED) is 0.109. The lowest BCUT2D eigenvalue weighted by molar-refractivity contribution is -0.341. The lowest BCUT2D eigenvalue weighted by atomic mass is 9.96. The zero-order valence-corrected chi connectivity index (χ0v) is 43.1. The first-order valence-electron chi connectivity index (χ1n) is 23.5. The smallest absolute Gasteiger partial charge is 0.407 e. The van der Waals surface area contributed by atoms with Crippen molar-refractivity contribution < 1.29 is 100.0 Å². The van der Waals surface area contributed by atoms with Gasteiger partial charge in [0.25, 0.3) is 0 Å². The van der Waals surface area contributed by atoms with Crippen molar-refractivity contribution in [3.05, 3.63) is 59.7 Å². The number of carbonyl (C=O) groups excluding carboxylic acids is 9. The Morgan fingerprint density at radius 2 is 1.03 bits per heavy atom. The maximum absolute atomic E-state index is 13.6. The summed E-state index contributed by atoms with van der Waals surface area (Å²) in [6.07, 6.45) is -15.0. The molecule has 2 heterocycles. The molecule has 3 aliphatic rings. The second-order valence-corrected chi connectivity index (χ2v) is 19.4. The fraction of sp³-hybridized carbons (Fsp3) is 0.580. The van der Waals surface area contributed by atoms with E-state index >= 15 is 0 Å². The highest BCUT2D eigenvalue weighted by molar-refractivity contribution is 7.99. The van der Waals surface area contributed by atoms with Gasteiger partial charge in [-0.25, -0.2) is 9.59 Å². The second kappa shape index (κ2) is 26.1. The summed E-state index contributed by atoms with van der Waals surface area (Å²) in [5, 5.41) is 2.66. The summed E-state index contributed by atoms with van der Waals surface area (Å²) in [5.41, 5.74) is 1.95. The van der Waals surface area contributed by atoms with Gasteiger partial charge in [0.2, 0.25) is 0 Å². The van der Waals surface area contributed by atoms with E-state index in [0.717, 1.165) is 82.5 Å². The maximum atomic E-state index is 13.6. The van der Waals surface area contributed by atoms with Gasteiger partial charge in [-0.3, -0.25) is 33.6 Å². The van der Waals surface area contributed by atoms with Crippen molar-refractivity contribution in [1.82, 2.24) is 5.32 Å². The average Bonchev–Trinajstić information content (AvgIpc) is 3.60. The van der Waals surface area contributed by atoms with Crippen molar-refractivity contribution >= 4 is 65.6 Å². The molecular weight excluding hydrogens is 983 g/mol. The number of hydrogen-bond acceptors (Lipinski definition) is 22. The molecule has 11 atom stereocenters. The molecular formula is C50H63NO21S. The number of hydrogen-bond donors (Lipinski definition) is 1. The van der Waals surface area contributed by atoms with E-state index in [1.165, 1.54) is 0 Å². The van der Waals surface area contributed by atoms with Gasteiger partial charge in [-0.1, -0.05) is 48.5 Å². The highest BCUT2D eigenvalue weighted by Gasteiger charge is 2.57. The number of fused-ring (bicyclic) bond motifs is 3. The van der Waals surface area contributed by atoms with Gasteiger partial charge in [-0.2, -0.15) is 0 Å². The minimum atomic E-state index is -1.84. The van der Waals surface area contributed by atoms with Crippen LogP contribution in [0.1, 0.15) is 99.1 Å². The largest absolute Gasteiger partial charge is 0.463 e. The van der Waals surface area contributed by atoms with E-state index in [1.807, 2.05) is 48.5 Å². The minimum absolute atomic E-state index is 0.0102. The van der Waals surface area contributed by atoms with Crippen molar-refractivity contribution in [3.63, 3.8) is 0 Å². The summed E-state index contributed by atoms with van der Waals surface area (Å²) in [4.78, 5) is 114. The topological polar surface area (TPSA) is 276 Å². The number of esters is 8. The Balaban J connectivity index is 1.39. The fourth-order valence-electron chi connectivity index (χ4n) is 8.50. The number of alkyl carbamates (subject to hydrolysis) is 1. The van der Waals surface area contributed by atoms with Crippen LogP contribution in [0.5, 0.6) is 0 Å². The summed E-state index contributed by atoms with van der Waals surface area (Å²) in [7, 11) is 0. The Morgan fingerprint density at radius 3 is 1.53 bits per heavy atom. The number of benzene rings is 2. The Hall–Kier alpha value is -6.30. The molecule has 0 bridgehead atoms. The van der Waals surface area contributed by atoms with Gasteiger partial charge in [-0.05, 0) is 61.6 Å². The molecule has 2 aliphatic heterocycles. The molecule has 1 amide bonds. The van der Waals surface area contributed by atoms with Crippen molar-refractivity contribution in [2.75, 3.05) is 25.6 Å². The van der Waals surface area contributed by atoms with Gasteiger partial charge in [0, 0.05) is 54.4 Å². The van der Waals surface area contributed by atoms with Gasteiger partial charge >= 0.3 is 53.8 Å². The summed E-state index contributed by atoms with van der Waals surface area (Å²) in [6.45, 7) is 11.3. The molecule has 23 heteroatoms. The number of ether oxygens (including phenoxy) is 12. The minimum Gasteiger partial charge on any atom is -0.463 e. The monoisotopic (exact) mass is 1050 g/mol. The summed E-state index contributed by atoms with van der Waals surface area (Å²) in [6, 6.07) is 14.5. The first-order chi connectivity index (χ1) is 34.4. The Kier molecular flexibility index (Phi) is 20.6. The first kappa shape index (κ1) is 57.6. The molecule has 2 aromatic carbocycles. The molecule has 2 aromatic rings. The van der Waals surface area contributed by atoms with Crippen LogP contribution in [-0.4, -0.2) is 152 Å². The molecule has 0 unspecified atom stereocenters. The number of rotatable bonds is 20. The standard InChI is InChI=1S/C50H63NO21S/c1-25(52)61-23-38-40(64-27(3)54)42(65-28(4)55)44(67-30(6)57)47(69-38)71-41-39(24-62-26(2)53)70-48(45(68-31(7)58)43(41)66-29(5)56)73-21-15-20-37(46(59)72-50(8,9)10)51-49(60)63-22-36-34-18-13-11-16-32(34)33-17-12-14-19-35(33)36/h11-14,16-19,36-45,47-48H,15,20-24H2,1-10H3,(H,51,60)/t37-,38+,39+,40-,41+,42-,43-,44+,45+,47-,48-/m0/s1. The molecule has 400 valence electrons. The van der Waals surface area contributed by atoms with Gasteiger partial charge in [0.15, 0.2) is 36.8 Å². The molecule has 2 fully saturated rings. The van der Waals surface area contributed by atoms with E-state index in [4.69, 9.17) is 56.8 Å². The summed E-state index contributed by atoms with van der Waals surface area (Å²) < 4.78 is 69.1. The lowest BCUT2D eigenvalue weighted by Crippen LogP contribution is -2.66. The predicted molar refractivity (Wildman–Crippen MR) is 253 cm³/mol. The third-order valence-corrected chi connectivity index (χ3v) is 12.4. The van der Waals surface area contributed by atoms with Crippen molar-refractivity contribution in [2.45, 2.75) is 160 Å². The normalized spacial score (nSPS) is 24.7. The van der Waals surface area contributed by atoms with Crippen LogP contribution in [0.2, 0.25) is 0 Å². The molecule has 22 nitrogen and oxygen atoms in total. The SMILES string of the molecule is CC(=O)OC[C@H]1O[C@@H](O[C@H]2[C@H](OC(C)=O)[C@@H](OC(C)=O)[C@H](SCCC[C@H](NC(=O)OCC3c4ccccc4-c4ccccc43)C(=O)OC(C)(C)C)O[C@@H]2COC(C)=O)[C@H](OC(C)=O)[C@@H](OC(C)=O)[C@H]1OC(C)=O. The Bertz CT molecular complexity index is 2290. The van der Waals surface area contributed by atoms with Crippen LogP contribution in [0.25, 0.3) is 11.1 Å². The van der Waals surface area contributed by atoms with Crippen molar-refractivity contribution in [2.24, 2.45) is 0 Å². The third kappa shape index (κ3) is 16.6. The van der Waals surface area contributed by atoms with Crippen molar-refractivity contribution in [1.29, 1.82) is 0 Å². The highest BCUT2D eigenvalue weighted by Crippen LogP contribution is 2.45. The zero-order chi connectivity index (χ0) is 53.7. The highest BCUT2D eigenvalue weighted by atomic mass is 32.2. The van der Waals surface area contributed by atoms with E-state index in [-0.39, 0.29) is 31.1 Å². The van der Waals surface area contributed by atoms with E-state index in [0.29, 0.717) is 0 Å². The molecule has 0 radical (unpaired) electrons. The number of amides is 1. The molecule has 2 saturated heterocycles. The van der Waals surface area contributed by atoms with Crippen LogP contribution in [0.3, 0.4) is 0 Å². The number of nitrogens with one attached hydrogen (secondary N) is 1. The molecule has 0 spiro atoms. The van der Waals surface area contributed by atoms with Crippen LogP contribution in [0.15, 0.2) is 48.5 Å². The maximum Gasteiger partial charge on any atom is 0.407 e. The lowest BCUT2D eigenvalue weighted by Gasteiger charge is -2.48. The predicted octanol–water partition coefficient (Wildman–Crippen LogP) is 4.37. The van der Waals surface area contributed by atoms with Gasteiger partial charge in [0.1, 0.15) is 55.2 Å². The zero-order valence-electron chi connectivity index (χ0n) is 42.3. The van der Waals surface area contributed by atoms with Gasteiger partial charge in [0.05, 0.1) is 0 Å². The Labute approximate surface area is 426 Å². The molecule has 5 rings (SSSR count). The number of carbonyl (C=O) groups is 9. The van der Waals surface area contributed by atoms with Gasteiger partial charge < -0.3 is 62.2 Å². The third-order valence-electron chi connectivity index (χ3n) is 11.1. The van der Waals surface area contributed by atoms with E-state index in [2.05, 4.69) is 5.32 Å². The molecule has 0 aromatic heterocycles. The van der Waals surface area contributed by atoms with E-state index in [1.54, 1.807) is 20.8 Å². The molecule has 1 N–H and O–H groups in total. The number of thioether (sulfide) groups is 1. The summed E-state index contributed by atoms with van der Waals surface area (Å²) >= 11 is 1.06. The van der Waals surface area contributed by atoms with E-state index in [9.17, 15) is 43.2 Å². The Morgan fingerprint density at radius 1 is 0.562 bits per heavy atom. The van der Waals surface area contributed by atoms with Crippen molar-refractivity contribution in [3.8, 4) is 11.1 Å². The average molecular weight is 1050 g/mol. The van der Waals surface area contributed by atoms with Crippen LogP contribution in [0.4, 0.5) is 4.79 Å². The van der Waals surface area contributed by atoms with Gasteiger partial charge in [-0.15, -0.1) is 11.8 Å². The molecule has 1 aliphatic carbocycles. The van der Waals surface area contributed by atoms with Crippen LogP contribution in [0, 0.1) is 0 Å². The first-order valence-corrected chi connectivity index (χ1v) is 24.5.